The average Bonchev–Trinajstić information content (AvgIpc) is 2.47. The first-order valence-electron chi connectivity index (χ1n) is 6.58. The lowest BCUT2D eigenvalue weighted by atomic mass is 10.2. The van der Waals surface area contributed by atoms with E-state index in [9.17, 15) is 0 Å². The minimum atomic E-state index is 0.216. The van der Waals surface area contributed by atoms with E-state index in [1.54, 1.807) is 0 Å². The molecule has 2 rings (SSSR count). The molecule has 1 aromatic heterocycles. The lowest BCUT2D eigenvalue weighted by molar-refractivity contribution is 0.332. The number of benzene rings is 1. The highest BCUT2D eigenvalue weighted by Gasteiger charge is 2.11. The Balaban J connectivity index is 2.35. The van der Waals surface area contributed by atoms with Gasteiger partial charge in [-0.05, 0) is 26.0 Å². The number of nitrogens with two attached hydrogens (primary N) is 1. The van der Waals surface area contributed by atoms with Gasteiger partial charge in [0.1, 0.15) is 28.7 Å². The van der Waals surface area contributed by atoms with Gasteiger partial charge in [-0.15, -0.1) is 0 Å². The van der Waals surface area contributed by atoms with Crippen LogP contribution in [0.3, 0.4) is 0 Å². The van der Waals surface area contributed by atoms with Gasteiger partial charge in [-0.2, -0.15) is 0 Å². The molecule has 0 aliphatic heterocycles. The number of nitrogens with one attached hydrogen (secondary N) is 1. The predicted octanol–water partition coefficient (Wildman–Crippen LogP) is 3.25. The third-order valence-corrected chi connectivity index (χ3v) is 3.00. The van der Waals surface area contributed by atoms with Crippen molar-refractivity contribution in [1.82, 2.24) is 9.97 Å². The summed E-state index contributed by atoms with van der Waals surface area (Å²) in [6.45, 7) is 4.96. The quantitative estimate of drug-likeness (QED) is 0.852. The maximum atomic E-state index is 6.09. The molecular formula is C14H17ClN4O2. The Morgan fingerprint density at radius 1 is 1.19 bits per heavy atom. The monoisotopic (exact) mass is 308 g/mol. The zero-order chi connectivity index (χ0) is 15.2. The summed E-state index contributed by atoms with van der Waals surface area (Å²) in [7, 11) is 0. The molecule has 6 nitrogen and oxygen atoms in total. The Morgan fingerprint density at radius 3 is 2.67 bits per heavy atom. The number of ether oxygens (including phenoxy) is 2. The average molecular weight is 309 g/mol. The molecule has 0 amide bonds. The Morgan fingerprint density at radius 2 is 1.95 bits per heavy atom. The topological polar surface area (TPSA) is 82.3 Å². The molecule has 1 heterocycles. The van der Waals surface area contributed by atoms with Crippen molar-refractivity contribution in [2.45, 2.75) is 13.8 Å². The highest BCUT2D eigenvalue weighted by molar-refractivity contribution is 6.35. The Hall–Kier alpha value is -2.21. The number of anilines is 3. The molecule has 2 aromatic rings. The van der Waals surface area contributed by atoms with Crippen molar-refractivity contribution < 1.29 is 9.47 Å². The first-order chi connectivity index (χ1) is 10.2. The molecule has 0 aliphatic rings. The van der Waals surface area contributed by atoms with E-state index in [2.05, 4.69) is 15.3 Å². The van der Waals surface area contributed by atoms with Crippen LogP contribution in [0.5, 0.6) is 11.5 Å². The number of aromatic nitrogens is 2. The van der Waals surface area contributed by atoms with Crippen molar-refractivity contribution >= 4 is 28.9 Å². The van der Waals surface area contributed by atoms with Crippen LogP contribution in [0.15, 0.2) is 24.5 Å². The fourth-order valence-corrected chi connectivity index (χ4v) is 1.89. The second kappa shape index (κ2) is 6.99. The molecule has 3 N–H and O–H groups in total. The van der Waals surface area contributed by atoms with E-state index in [0.717, 1.165) is 5.75 Å². The first-order valence-corrected chi connectivity index (χ1v) is 6.96. The summed E-state index contributed by atoms with van der Waals surface area (Å²) in [5, 5.41) is 3.36. The van der Waals surface area contributed by atoms with E-state index in [-0.39, 0.29) is 10.8 Å². The Bertz CT molecular complexity index is 622. The largest absolute Gasteiger partial charge is 0.494 e. The number of nitrogens with zero attached hydrogens (tertiary/aromatic N) is 2. The third kappa shape index (κ3) is 3.66. The second-order valence-electron chi connectivity index (χ2n) is 4.07. The summed E-state index contributed by atoms with van der Waals surface area (Å²) in [6, 6.07) is 5.49. The van der Waals surface area contributed by atoms with Crippen molar-refractivity contribution in [2.24, 2.45) is 0 Å². The SMILES string of the molecule is CCOc1ccc(OCC)c(Nc2ncnc(N)c2Cl)c1. The van der Waals surface area contributed by atoms with Crippen molar-refractivity contribution in [2.75, 3.05) is 24.3 Å². The highest BCUT2D eigenvalue weighted by atomic mass is 35.5. The van der Waals surface area contributed by atoms with E-state index in [1.165, 1.54) is 6.33 Å². The lowest BCUT2D eigenvalue weighted by Gasteiger charge is -2.14. The number of halogens is 1. The number of rotatable bonds is 6. The van der Waals surface area contributed by atoms with Gasteiger partial charge in [-0.1, -0.05) is 11.6 Å². The van der Waals surface area contributed by atoms with Crippen LogP contribution in [-0.2, 0) is 0 Å². The standard InChI is InChI=1S/C14H17ClN4O2/c1-3-20-9-5-6-11(21-4-2)10(7-9)19-14-12(15)13(16)17-8-18-14/h5-8H,3-4H2,1-2H3,(H3,16,17,18,19). The van der Waals surface area contributed by atoms with Crippen LogP contribution in [0.2, 0.25) is 5.02 Å². The lowest BCUT2D eigenvalue weighted by Crippen LogP contribution is -2.03. The molecule has 21 heavy (non-hydrogen) atoms. The molecule has 7 heteroatoms. The van der Waals surface area contributed by atoms with Crippen molar-refractivity contribution in [3.05, 3.63) is 29.5 Å². The van der Waals surface area contributed by atoms with Crippen LogP contribution >= 0.6 is 11.6 Å². The van der Waals surface area contributed by atoms with Gasteiger partial charge in [0.25, 0.3) is 0 Å². The van der Waals surface area contributed by atoms with Gasteiger partial charge in [0.05, 0.1) is 18.9 Å². The molecule has 0 radical (unpaired) electrons. The van der Waals surface area contributed by atoms with E-state index in [1.807, 2.05) is 32.0 Å². The van der Waals surface area contributed by atoms with Crippen LogP contribution in [0, 0.1) is 0 Å². The van der Waals surface area contributed by atoms with Crippen LogP contribution in [0.1, 0.15) is 13.8 Å². The summed E-state index contributed by atoms with van der Waals surface area (Å²) in [5.74, 6) is 2.03. The first kappa shape index (κ1) is 15.2. The fourth-order valence-electron chi connectivity index (χ4n) is 1.74. The van der Waals surface area contributed by atoms with Gasteiger partial charge < -0.3 is 20.5 Å². The van der Waals surface area contributed by atoms with Gasteiger partial charge >= 0.3 is 0 Å². The highest BCUT2D eigenvalue weighted by Crippen LogP contribution is 2.34. The van der Waals surface area contributed by atoms with Crippen molar-refractivity contribution in [3.63, 3.8) is 0 Å². The minimum Gasteiger partial charge on any atom is -0.494 e. The third-order valence-electron chi connectivity index (χ3n) is 2.63. The summed E-state index contributed by atoms with van der Waals surface area (Å²) >= 11 is 6.09. The predicted molar refractivity (Wildman–Crippen MR) is 83.5 cm³/mol. The molecule has 1 aromatic carbocycles. The number of nitrogen functional groups attached to an aromatic ring is 1. The van der Waals surface area contributed by atoms with Gasteiger partial charge in [0.15, 0.2) is 5.82 Å². The smallest absolute Gasteiger partial charge is 0.154 e. The summed E-state index contributed by atoms with van der Waals surface area (Å²) in [4.78, 5) is 7.91. The molecule has 0 saturated carbocycles. The molecular weight excluding hydrogens is 292 g/mol. The van der Waals surface area contributed by atoms with Crippen LogP contribution in [-0.4, -0.2) is 23.2 Å². The van der Waals surface area contributed by atoms with Gasteiger partial charge in [-0.25, -0.2) is 9.97 Å². The van der Waals surface area contributed by atoms with E-state index in [4.69, 9.17) is 26.8 Å². The fraction of sp³-hybridized carbons (Fsp3) is 0.286. The molecule has 0 saturated heterocycles. The van der Waals surface area contributed by atoms with Crippen LogP contribution in [0.4, 0.5) is 17.3 Å². The molecule has 0 bridgehead atoms. The maximum Gasteiger partial charge on any atom is 0.154 e. The number of hydrogen-bond acceptors (Lipinski definition) is 6. The Labute approximate surface area is 128 Å². The van der Waals surface area contributed by atoms with Crippen molar-refractivity contribution in [1.29, 1.82) is 0 Å². The summed E-state index contributed by atoms with van der Waals surface area (Å²) < 4.78 is 11.1. The molecule has 0 atom stereocenters. The van der Waals surface area contributed by atoms with E-state index < -0.39 is 0 Å². The minimum absolute atomic E-state index is 0.216. The summed E-state index contributed by atoms with van der Waals surface area (Å²) in [6.07, 6.45) is 1.34. The summed E-state index contributed by atoms with van der Waals surface area (Å²) in [5.41, 5.74) is 6.37. The number of hydrogen-bond donors (Lipinski definition) is 2. The zero-order valence-electron chi connectivity index (χ0n) is 11.9. The van der Waals surface area contributed by atoms with Crippen LogP contribution < -0.4 is 20.5 Å². The van der Waals surface area contributed by atoms with Crippen LogP contribution in [0.25, 0.3) is 0 Å². The second-order valence-corrected chi connectivity index (χ2v) is 4.45. The normalized spacial score (nSPS) is 10.2. The molecule has 112 valence electrons. The Kier molecular flexibility index (Phi) is 5.05. The maximum absolute atomic E-state index is 6.09. The van der Waals surface area contributed by atoms with Gasteiger partial charge in [0.2, 0.25) is 0 Å². The van der Waals surface area contributed by atoms with E-state index >= 15 is 0 Å². The molecule has 0 aliphatic carbocycles. The molecule has 0 spiro atoms. The van der Waals surface area contributed by atoms with E-state index in [0.29, 0.717) is 30.5 Å². The van der Waals surface area contributed by atoms with Gasteiger partial charge in [-0.3, -0.25) is 0 Å². The molecule has 0 fully saturated rings. The van der Waals surface area contributed by atoms with Crippen molar-refractivity contribution in [3.8, 4) is 11.5 Å². The van der Waals surface area contributed by atoms with Gasteiger partial charge in [0, 0.05) is 6.07 Å². The zero-order valence-corrected chi connectivity index (χ0v) is 12.6. The molecule has 0 unspecified atom stereocenters.